The number of nitrogens with zero attached hydrogens (tertiary/aromatic N) is 1. The number of aromatic nitrogens is 2. The molecule has 4 nitrogen and oxygen atoms in total. The van der Waals surface area contributed by atoms with Crippen LogP contribution in [-0.4, -0.2) is 10.2 Å². The first-order chi connectivity index (χ1) is 4.22. The molecule has 0 saturated carbocycles. The van der Waals surface area contributed by atoms with Gasteiger partial charge in [-0.25, -0.2) is 5.10 Å². The fraction of sp³-hybridized carbons (Fsp3) is 0.200. The van der Waals surface area contributed by atoms with Gasteiger partial charge in [0.1, 0.15) is 11.9 Å². The minimum atomic E-state index is -0.355. The van der Waals surface area contributed by atoms with E-state index in [-0.39, 0.29) is 11.2 Å². The van der Waals surface area contributed by atoms with Gasteiger partial charge in [0.2, 0.25) is 0 Å². The molecule has 0 unspecified atom stereocenters. The number of hydrogen-bond acceptors (Lipinski definition) is 3. The molecule has 4 heteroatoms. The number of H-pyrrole nitrogens is 1. The standard InChI is InChI=1S/C5H6N3O/c1-3-2-7-8-5(9)4(3)6/h1H3,(H2,6,7)(H,8,9). The Morgan fingerprint density at radius 3 is 2.89 bits per heavy atom. The van der Waals surface area contributed by atoms with E-state index in [1.165, 1.54) is 0 Å². The normalized spacial score (nSPS) is 9.44. The van der Waals surface area contributed by atoms with Crippen LogP contribution >= 0.6 is 0 Å². The van der Waals surface area contributed by atoms with Crippen molar-refractivity contribution in [2.45, 2.75) is 6.92 Å². The Hall–Kier alpha value is -1.32. The van der Waals surface area contributed by atoms with Gasteiger partial charge in [0.15, 0.2) is 0 Å². The molecule has 0 aromatic carbocycles. The number of rotatable bonds is 0. The van der Waals surface area contributed by atoms with Crippen LogP contribution < -0.4 is 11.3 Å². The smallest absolute Gasteiger partial charge is 0.287 e. The van der Waals surface area contributed by atoms with Crippen molar-refractivity contribution in [3.05, 3.63) is 22.1 Å². The molecule has 1 aromatic heterocycles. The first kappa shape index (κ1) is 5.81. The number of aromatic amines is 1. The van der Waals surface area contributed by atoms with Crippen LogP contribution in [0.3, 0.4) is 0 Å². The number of nitrogen functional groups attached to an aromatic ring is 1. The zero-order valence-electron chi connectivity index (χ0n) is 4.93. The summed E-state index contributed by atoms with van der Waals surface area (Å²) in [5.74, 6) is 0. The maximum Gasteiger partial charge on any atom is 0.287 e. The number of nitrogens with two attached hydrogens (primary N) is 1. The highest BCUT2D eigenvalue weighted by molar-refractivity contribution is 5.40. The highest BCUT2D eigenvalue weighted by atomic mass is 16.1. The molecule has 0 fully saturated rings. The predicted octanol–water partition coefficient (Wildman–Crippen LogP) is -0.539. The van der Waals surface area contributed by atoms with Gasteiger partial charge in [-0.15, -0.1) is 0 Å². The van der Waals surface area contributed by atoms with Gasteiger partial charge in [-0.1, -0.05) is 0 Å². The van der Waals surface area contributed by atoms with Gasteiger partial charge in [-0.05, 0) is 6.92 Å². The Kier molecular flexibility index (Phi) is 1.22. The van der Waals surface area contributed by atoms with E-state index in [0.717, 1.165) is 0 Å². The Bertz CT molecular complexity index is 265. The second-order valence-electron chi connectivity index (χ2n) is 1.70. The van der Waals surface area contributed by atoms with Crippen molar-refractivity contribution < 1.29 is 0 Å². The number of hydrogen-bond donors (Lipinski definition) is 2. The summed E-state index contributed by atoms with van der Waals surface area (Å²) in [5, 5.41) is 5.56. The van der Waals surface area contributed by atoms with Gasteiger partial charge >= 0.3 is 0 Å². The Balaban J connectivity index is 3.43. The molecule has 1 rings (SSSR count). The third kappa shape index (κ3) is 0.910. The van der Waals surface area contributed by atoms with Gasteiger partial charge in [-0.2, -0.15) is 5.10 Å². The van der Waals surface area contributed by atoms with Gasteiger partial charge in [-0.3, -0.25) is 4.79 Å². The molecule has 0 atom stereocenters. The molecule has 9 heavy (non-hydrogen) atoms. The number of aryl methyl sites for hydroxylation is 1. The molecular weight excluding hydrogens is 118 g/mol. The molecule has 0 amide bonds. The van der Waals surface area contributed by atoms with Crippen LogP contribution in [0.5, 0.6) is 0 Å². The lowest BCUT2D eigenvalue weighted by atomic mass is 10.3. The average molecular weight is 124 g/mol. The zero-order chi connectivity index (χ0) is 6.85. The lowest BCUT2D eigenvalue weighted by molar-refractivity contribution is 0.971. The van der Waals surface area contributed by atoms with E-state index in [0.29, 0.717) is 5.56 Å². The fourth-order valence-electron chi connectivity index (χ4n) is 0.453. The highest BCUT2D eigenvalue weighted by Crippen LogP contribution is 1.95. The predicted molar refractivity (Wildman–Crippen MR) is 32.8 cm³/mol. The van der Waals surface area contributed by atoms with Crippen molar-refractivity contribution >= 4 is 5.69 Å². The van der Waals surface area contributed by atoms with E-state index in [4.69, 9.17) is 5.73 Å². The van der Waals surface area contributed by atoms with Crippen molar-refractivity contribution in [2.24, 2.45) is 0 Å². The number of nitrogens with one attached hydrogen (secondary N) is 1. The molecule has 0 aliphatic rings. The molecule has 0 aliphatic carbocycles. The Morgan fingerprint density at radius 2 is 2.44 bits per heavy atom. The van der Waals surface area contributed by atoms with Crippen molar-refractivity contribution in [1.82, 2.24) is 10.2 Å². The molecule has 0 bridgehead atoms. The summed E-state index contributed by atoms with van der Waals surface area (Å²) in [6.45, 7) is 1.68. The molecule has 0 spiro atoms. The van der Waals surface area contributed by atoms with E-state index < -0.39 is 0 Å². The second kappa shape index (κ2) is 1.89. The van der Waals surface area contributed by atoms with Crippen LogP contribution in [0.1, 0.15) is 5.56 Å². The van der Waals surface area contributed by atoms with Crippen molar-refractivity contribution in [2.75, 3.05) is 5.73 Å². The van der Waals surface area contributed by atoms with Crippen LogP contribution in [0, 0.1) is 13.1 Å². The molecule has 1 radical (unpaired) electrons. The van der Waals surface area contributed by atoms with Gasteiger partial charge in [0.25, 0.3) is 5.56 Å². The lowest BCUT2D eigenvalue weighted by Gasteiger charge is -1.91. The number of anilines is 1. The van der Waals surface area contributed by atoms with Crippen molar-refractivity contribution in [3.63, 3.8) is 0 Å². The molecule has 47 valence electrons. The second-order valence-corrected chi connectivity index (χ2v) is 1.70. The lowest BCUT2D eigenvalue weighted by Crippen LogP contribution is -2.14. The third-order valence-electron chi connectivity index (χ3n) is 1.03. The van der Waals surface area contributed by atoms with E-state index in [1.54, 1.807) is 6.92 Å². The van der Waals surface area contributed by atoms with E-state index in [1.807, 2.05) is 0 Å². The minimum Gasteiger partial charge on any atom is -0.394 e. The Morgan fingerprint density at radius 1 is 1.78 bits per heavy atom. The van der Waals surface area contributed by atoms with Crippen LogP contribution in [0.25, 0.3) is 0 Å². The zero-order valence-corrected chi connectivity index (χ0v) is 4.93. The molecule has 0 aliphatic heterocycles. The summed E-state index contributed by atoms with van der Waals surface area (Å²) in [4.78, 5) is 10.6. The van der Waals surface area contributed by atoms with E-state index in [9.17, 15) is 4.79 Å². The maximum absolute atomic E-state index is 10.6. The SMILES string of the molecule is Cc1[c]n[nH]c(=O)c1N. The van der Waals surface area contributed by atoms with E-state index >= 15 is 0 Å². The third-order valence-corrected chi connectivity index (χ3v) is 1.03. The summed E-state index contributed by atoms with van der Waals surface area (Å²) >= 11 is 0. The van der Waals surface area contributed by atoms with E-state index in [2.05, 4.69) is 16.4 Å². The molecule has 3 N–H and O–H groups in total. The van der Waals surface area contributed by atoms with Crippen molar-refractivity contribution in [1.29, 1.82) is 0 Å². The summed E-state index contributed by atoms with van der Waals surface area (Å²) in [6, 6.07) is 0. The molecule has 0 saturated heterocycles. The first-order valence-electron chi connectivity index (χ1n) is 2.44. The summed E-state index contributed by atoms with van der Waals surface area (Å²) < 4.78 is 0. The van der Waals surface area contributed by atoms with Crippen LogP contribution in [0.4, 0.5) is 5.69 Å². The van der Waals surface area contributed by atoms with Crippen LogP contribution in [0.2, 0.25) is 0 Å². The topological polar surface area (TPSA) is 71.8 Å². The van der Waals surface area contributed by atoms with Crippen LogP contribution in [0.15, 0.2) is 4.79 Å². The quantitative estimate of drug-likeness (QED) is 0.488. The summed E-state index contributed by atoms with van der Waals surface area (Å²) in [6.07, 6.45) is 2.51. The van der Waals surface area contributed by atoms with Gasteiger partial charge in [0, 0.05) is 5.56 Å². The maximum atomic E-state index is 10.6. The monoisotopic (exact) mass is 124 g/mol. The Labute approximate surface area is 51.7 Å². The van der Waals surface area contributed by atoms with Gasteiger partial charge in [0.05, 0.1) is 0 Å². The molecular formula is C5H6N3O. The highest BCUT2D eigenvalue weighted by Gasteiger charge is 1.95. The largest absolute Gasteiger partial charge is 0.394 e. The summed E-state index contributed by atoms with van der Waals surface area (Å²) in [5.41, 5.74) is 5.68. The average Bonchev–Trinajstić information content (AvgIpc) is 1.83. The molecule has 1 aromatic rings. The van der Waals surface area contributed by atoms with Crippen molar-refractivity contribution in [3.8, 4) is 0 Å². The van der Waals surface area contributed by atoms with Gasteiger partial charge < -0.3 is 5.73 Å². The molecule has 1 heterocycles. The minimum absolute atomic E-state index is 0.185. The summed E-state index contributed by atoms with van der Waals surface area (Å²) in [7, 11) is 0. The fourth-order valence-corrected chi connectivity index (χ4v) is 0.453. The first-order valence-corrected chi connectivity index (χ1v) is 2.44. The van der Waals surface area contributed by atoms with Crippen LogP contribution in [-0.2, 0) is 0 Å².